The van der Waals surface area contributed by atoms with Crippen LogP contribution >= 0.6 is 11.8 Å². The Morgan fingerprint density at radius 3 is 2.66 bits per heavy atom. The Morgan fingerprint density at radius 1 is 1.19 bits per heavy atom. The van der Waals surface area contributed by atoms with E-state index in [0.717, 1.165) is 40.8 Å². The summed E-state index contributed by atoms with van der Waals surface area (Å²) in [4.78, 5) is 19.6. The fourth-order valence-corrected chi connectivity index (χ4v) is 5.38. The van der Waals surface area contributed by atoms with Crippen molar-refractivity contribution in [3.63, 3.8) is 0 Å². The van der Waals surface area contributed by atoms with Crippen molar-refractivity contribution in [1.29, 1.82) is 0 Å². The molecule has 0 saturated heterocycles. The second-order valence-electron chi connectivity index (χ2n) is 9.04. The van der Waals surface area contributed by atoms with Gasteiger partial charge in [-0.15, -0.1) is 10.2 Å². The van der Waals surface area contributed by atoms with Gasteiger partial charge in [-0.2, -0.15) is 0 Å². The molecular formula is C25H27N5OS. The lowest BCUT2D eigenvalue weighted by Gasteiger charge is -2.24. The molecule has 1 aliphatic carbocycles. The van der Waals surface area contributed by atoms with Gasteiger partial charge in [0.15, 0.2) is 16.8 Å². The second kappa shape index (κ2) is 7.89. The summed E-state index contributed by atoms with van der Waals surface area (Å²) in [5.74, 6) is 0.916. The number of rotatable bonds is 6. The lowest BCUT2D eigenvalue weighted by Crippen LogP contribution is -2.25. The molecule has 164 valence electrons. The number of fused-ring (bicyclic) bond motifs is 1. The molecule has 2 aromatic heterocycles. The van der Waals surface area contributed by atoms with Crippen LogP contribution in [0.5, 0.6) is 0 Å². The molecule has 2 aliphatic rings. The van der Waals surface area contributed by atoms with Gasteiger partial charge in [-0.25, -0.2) is 0 Å². The van der Waals surface area contributed by atoms with Crippen LogP contribution < -0.4 is 4.90 Å². The van der Waals surface area contributed by atoms with Gasteiger partial charge in [0.25, 0.3) is 0 Å². The highest BCUT2D eigenvalue weighted by Crippen LogP contribution is 2.47. The summed E-state index contributed by atoms with van der Waals surface area (Å²) in [6.07, 6.45) is 7.61. The minimum atomic E-state index is -0.265. The highest BCUT2D eigenvalue weighted by Gasteiger charge is 2.39. The summed E-state index contributed by atoms with van der Waals surface area (Å²) < 4.78 is 2.18. The molecule has 32 heavy (non-hydrogen) atoms. The third kappa shape index (κ3) is 3.54. The van der Waals surface area contributed by atoms with Crippen LogP contribution in [0.4, 0.5) is 5.69 Å². The number of aromatic nitrogens is 4. The molecule has 3 aromatic rings. The summed E-state index contributed by atoms with van der Waals surface area (Å²) in [6, 6.07) is 12.7. The predicted molar refractivity (Wildman–Crippen MR) is 128 cm³/mol. The fraction of sp³-hybridized carbons (Fsp3) is 0.360. The molecule has 0 amide bonds. The van der Waals surface area contributed by atoms with Gasteiger partial charge < -0.3 is 4.90 Å². The zero-order valence-electron chi connectivity index (χ0n) is 18.8. The minimum absolute atomic E-state index is 0.0889. The van der Waals surface area contributed by atoms with Crippen LogP contribution in [0.25, 0.3) is 11.4 Å². The standard InChI is InChI=1S/C25H27N5OS/c1-16(21(31)14-22-25(2,3)19-9-5-6-10-20(19)29(22)4)32-24-28-27-23(30(24)18-11-12-18)17-8-7-13-26-15-17/h5-10,13-16,18H,11-12H2,1-4H3/b22-14-. The highest BCUT2D eigenvalue weighted by atomic mass is 32.2. The number of ketones is 1. The summed E-state index contributed by atoms with van der Waals surface area (Å²) in [7, 11) is 2.04. The molecule has 3 heterocycles. The monoisotopic (exact) mass is 445 g/mol. The zero-order chi connectivity index (χ0) is 22.5. The van der Waals surface area contributed by atoms with Crippen molar-refractivity contribution in [2.45, 2.75) is 55.5 Å². The maximum Gasteiger partial charge on any atom is 0.192 e. The van der Waals surface area contributed by atoms with Gasteiger partial charge in [0, 0.05) is 53.9 Å². The largest absolute Gasteiger partial charge is 0.347 e. The first kappa shape index (κ1) is 20.9. The van der Waals surface area contributed by atoms with Crippen molar-refractivity contribution in [3.8, 4) is 11.4 Å². The quantitative estimate of drug-likeness (QED) is 0.391. The molecule has 0 spiro atoms. The lowest BCUT2D eigenvalue weighted by atomic mass is 9.83. The van der Waals surface area contributed by atoms with E-state index in [4.69, 9.17) is 0 Å². The molecule has 1 saturated carbocycles. The summed E-state index contributed by atoms with van der Waals surface area (Å²) in [5.41, 5.74) is 4.16. The molecule has 7 heteroatoms. The van der Waals surface area contributed by atoms with Crippen molar-refractivity contribution >= 4 is 23.2 Å². The molecule has 1 atom stereocenters. The van der Waals surface area contributed by atoms with Gasteiger partial charge in [0.2, 0.25) is 0 Å². The van der Waals surface area contributed by atoms with E-state index < -0.39 is 0 Å². The van der Waals surface area contributed by atoms with Crippen LogP contribution in [-0.2, 0) is 10.2 Å². The first-order chi connectivity index (χ1) is 15.4. The van der Waals surface area contributed by atoms with Crippen LogP contribution in [0.3, 0.4) is 0 Å². The molecule has 0 N–H and O–H groups in total. The SMILES string of the molecule is CC(Sc1nnc(-c2cccnc2)n1C1CC1)C(=O)/C=C1\N(C)c2ccccc2C1(C)C. The second-order valence-corrected chi connectivity index (χ2v) is 10.4. The Hall–Kier alpha value is -2.93. The van der Waals surface area contributed by atoms with Crippen LogP contribution in [-0.4, -0.2) is 37.8 Å². The topological polar surface area (TPSA) is 63.9 Å². The number of nitrogens with zero attached hydrogens (tertiary/aromatic N) is 5. The van der Waals surface area contributed by atoms with Gasteiger partial charge in [0.1, 0.15) is 0 Å². The number of hydrogen-bond acceptors (Lipinski definition) is 6. The number of anilines is 1. The van der Waals surface area contributed by atoms with E-state index in [9.17, 15) is 4.79 Å². The molecule has 5 rings (SSSR count). The van der Waals surface area contributed by atoms with Crippen molar-refractivity contribution in [2.24, 2.45) is 0 Å². The third-order valence-corrected chi connectivity index (χ3v) is 7.47. The molecule has 0 bridgehead atoms. The van der Waals surface area contributed by atoms with E-state index in [1.807, 2.05) is 44.4 Å². The molecular weight excluding hydrogens is 418 g/mol. The van der Waals surface area contributed by atoms with Gasteiger partial charge >= 0.3 is 0 Å². The van der Waals surface area contributed by atoms with Crippen molar-refractivity contribution in [2.75, 3.05) is 11.9 Å². The van der Waals surface area contributed by atoms with Crippen molar-refractivity contribution in [1.82, 2.24) is 19.7 Å². The average molecular weight is 446 g/mol. The van der Waals surface area contributed by atoms with E-state index in [0.29, 0.717) is 6.04 Å². The Balaban J connectivity index is 1.40. The summed E-state index contributed by atoms with van der Waals surface area (Å²) in [5, 5.41) is 9.43. The number of hydrogen-bond donors (Lipinski definition) is 0. The molecule has 1 aromatic carbocycles. The third-order valence-electron chi connectivity index (χ3n) is 6.40. The molecule has 6 nitrogen and oxygen atoms in total. The maximum atomic E-state index is 13.3. The number of carbonyl (C=O) groups is 1. The Labute approximate surface area is 192 Å². The first-order valence-corrected chi connectivity index (χ1v) is 11.9. The number of likely N-dealkylation sites (N-methyl/N-ethyl adjacent to an activating group) is 1. The molecule has 1 fully saturated rings. The van der Waals surface area contributed by atoms with E-state index in [2.05, 4.69) is 56.7 Å². The van der Waals surface area contributed by atoms with Crippen LogP contribution in [0.2, 0.25) is 0 Å². The lowest BCUT2D eigenvalue weighted by molar-refractivity contribution is -0.114. The molecule has 1 unspecified atom stereocenters. The smallest absolute Gasteiger partial charge is 0.192 e. The van der Waals surface area contributed by atoms with Crippen LogP contribution in [0.15, 0.2) is 65.7 Å². The number of pyridine rings is 1. The Kier molecular flexibility index (Phi) is 5.16. The Morgan fingerprint density at radius 2 is 1.97 bits per heavy atom. The van der Waals surface area contributed by atoms with Crippen molar-refractivity contribution in [3.05, 3.63) is 66.1 Å². The maximum absolute atomic E-state index is 13.3. The highest BCUT2D eigenvalue weighted by molar-refractivity contribution is 8.00. The molecule has 0 radical (unpaired) electrons. The van der Waals surface area contributed by atoms with Gasteiger partial charge in [-0.3, -0.25) is 14.3 Å². The zero-order valence-corrected chi connectivity index (χ0v) is 19.6. The summed E-state index contributed by atoms with van der Waals surface area (Å²) >= 11 is 1.49. The Bertz CT molecular complexity index is 1200. The van der Waals surface area contributed by atoms with Crippen molar-refractivity contribution < 1.29 is 4.79 Å². The average Bonchev–Trinajstić information content (AvgIpc) is 3.53. The molecule has 1 aliphatic heterocycles. The normalized spacial score (nSPS) is 19.2. The number of allylic oxidation sites excluding steroid dienone is 2. The number of para-hydroxylation sites is 1. The van der Waals surface area contributed by atoms with Gasteiger partial charge in [0.05, 0.1) is 5.25 Å². The number of benzene rings is 1. The number of carbonyl (C=O) groups excluding carboxylic acids is 1. The minimum Gasteiger partial charge on any atom is -0.347 e. The van der Waals surface area contributed by atoms with Crippen LogP contribution in [0, 0.1) is 0 Å². The van der Waals surface area contributed by atoms with Crippen LogP contribution in [0.1, 0.15) is 45.2 Å². The predicted octanol–water partition coefficient (Wildman–Crippen LogP) is 5.04. The van der Waals surface area contributed by atoms with E-state index in [-0.39, 0.29) is 16.4 Å². The first-order valence-electron chi connectivity index (χ1n) is 11.0. The van der Waals surface area contributed by atoms with Gasteiger partial charge in [-0.1, -0.05) is 43.8 Å². The van der Waals surface area contributed by atoms with E-state index in [1.165, 1.54) is 17.3 Å². The van der Waals surface area contributed by atoms with Gasteiger partial charge in [-0.05, 0) is 43.5 Å². The van der Waals surface area contributed by atoms with E-state index >= 15 is 0 Å². The summed E-state index contributed by atoms with van der Waals surface area (Å²) in [6.45, 7) is 6.31. The number of thioether (sulfide) groups is 1. The fourth-order valence-electron chi connectivity index (χ4n) is 4.44. The van der Waals surface area contributed by atoms with E-state index in [1.54, 1.807) is 6.20 Å².